The molecule has 8 nitrogen and oxygen atoms in total. The summed E-state index contributed by atoms with van der Waals surface area (Å²) in [5.74, 6) is 0.352. The highest BCUT2D eigenvalue weighted by Gasteiger charge is 2.19. The predicted molar refractivity (Wildman–Crippen MR) is 76.0 cm³/mol. The number of anilines is 1. The first-order valence-corrected chi connectivity index (χ1v) is 6.50. The molecule has 0 aliphatic carbocycles. The van der Waals surface area contributed by atoms with Gasteiger partial charge >= 0.3 is 0 Å². The fourth-order valence-corrected chi connectivity index (χ4v) is 1.88. The van der Waals surface area contributed by atoms with Crippen molar-refractivity contribution >= 4 is 11.7 Å². The highest BCUT2D eigenvalue weighted by Crippen LogP contribution is 2.16. The minimum atomic E-state index is -0.820. The van der Waals surface area contributed by atoms with Gasteiger partial charge in [-0.3, -0.25) is 9.59 Å². The third kappa shape index (κ3) is 2.66. The predicted octanol–water partition coefficient (Wildman–Crippen LogP) is 1.69. The summed E-state index contributed by atoms with van der Waals surface area (Å²) in [6.07, 6.45) is 2.84. The fraction of sp³-hybridized carbons (Fsp3) is 0.143. The summed E-state index contributed by atoms with van der Waals surface area (Å²) in [6.45, 7) is 1.57. The van der Waals surface area contributed by atoms with Crippen LogP contribution in [0.25, 0.3) is 11.5 Å². The second-order valence-corrected chi connectivity index (χ2v) is 4.53. The highest BCUT2D eigenvalue weighted by molar-refractivity contribution is 5.92. The summed E-state index contributed by atoms with van der Waals surface area (Å²) in [5, 5.41) is 10.3. The van der Waals surface area contributed by atoms with E-state index in [0.717, 1.165) is 4.68 Å². The second-order valence-electron chi connectivity index (χ2n) is 4.53. The number of rotatable bonds is 4. The van der Waals surface area contributed by atoms with Gasteiger partial charge in [0.25, 0.3) is 5.56 Å². The average molecular weight is 300 g/mol. The van der Waals surface area contributed by atoms with Crippen LogP contribution < -0.4 is 10.9 Å². The average Bonchev–Trinajstić information content (AvgIpc) is 3.20. The molecule has 8 heteroatoms. The van der Waals surface area contributed by atoms with Crippen molar-refractivity contribution in [3.63, 3.8) is 0 Å². The number of furan rings is 1. The molecule has 0 fully saturated rings. The molecule has 0 saturated carbocycles. The Bertz CT molecular complexity index is 821. The van der Waals surface area contributed by atoms with Gasteiger partial charge < -0.3 is 14.3 Å². The first-order valence-electron chi connectivity index (χ1n) is 6.50. The minimum Gasteiger partial charge on any atom is -0.463 e. The lowest BCUT2D eigenvalue weighted by Crippen LogP contribution is -2.33. The van der Waals surface area contributed by atoms with Crippen LogP contribution in [0.3, 0.4) is 0 Å². The molecular formula is C14H12N4O4. The Kier molecular flexibility index (Phi) is 3.57. The lowest BCUT2D eigenvalue weighted by Gasteiger charge is -2.13. The third-order valence-corrected chi connectivity index (χ3v) is 3.03. The van der Waals surface area contributed by atoms with Gasteiger partial charge in [0.1, 0.15) is 18.0 Å². The molecule has 112 valence electrons. The van der Waals surface area contributed by atoms with Crippen molar-refractivity contribution in [2.24, 2.45) is 0 Å². The molecule has 3 rings (SSSR count). The van der Waals surface area contributed by atoms with E-state index >= 15 is 0 Å². The van der Waals surface area contributed by atoms with E-state index in [1.165, 1.54) is 24.7 Å². The van der Waals surface area contributed by atoms with Gasteiger partial charge in [-0.15, -0.1) is 0 Å². The Morgan fingerprint density at radius 1 is 1.27 bits per heavy atom. The number of carbonyl (C=O) groups excluding carboxylic acids is 1. The van der Waals surface area contributed by atoms with Crippen LogP contribution in [0.4, 0.5) is 5.82 Å². The summed E-state index contributed by atoms with van der Waals surface area (Å²) >= 11 is 0. The molecule has 3 aromatic rings. The molecule has 22 heavy (non-hydrogen) atoms. The molecule has 1 atom stereocenters. The standard InChI is InChI=1S/C14H12N4O4/c1-9(14(20)15-12-6-8-22-17-12)18-13(19)5-4-10(16-18)11-3-2-7-21-11/h2-9H,1H3,(H,15,17,20). The van der Waals surface area contributed by atoms with E-state index in [0.29, 0.717) is 11.5 Å². The Balaban J connectivity index is 1.88. The maximum Gasteiger partial charge on any atom is 0.267 e. The molecule has 0 aliphatic heterocycles. The molecule has 3 aromatic heterocycles. The van der Waals surface area contributed by atoms with Crippen LogP contribution in [-0.2, 0) is 4.79 Å². The Morgan fingerprint density at radius 3 is 2.82 bits per heavy atom. The van der Waals surface area contributed by atoms with Crippen molar-refractivity contribution in [2.75, 3.05) is 5.32 Å². The molecule has 0 aromatic carbocycles. The topological polar surface area (TPSA) is 103 Å². The smallest absolute Gasteiger partial charge is 0.267 e. The SMILES string of the molecule is CC(C(=O)Nc1ccon1)n1nc(-c2ccco2)ccc1=O. The molecule has 0 spiro atoms. The molecule has 3 heterocycles. The van der Waals surface area contributed by atoms with Crippen molar-refractivity contribution in [2.45, 2.75) is 13.0 Å². The van der Waals surface area contributed by atoms with Gasteiger partial charge in [0.2, 0.25) is 5.91 Å². The summed E-state index contributed by atoms with van der Waals surface area (Å²) < 4.78 is 11.0. The van der Waals surface area contributed by atoms with Gasteiger partial charge in [-0.1, -0.05) is 5.16 Å². The summed E-state index contributed by atoms with van der Waals surface area (Å²) in [6, 6.07) is 6.99. The van der Waals surface area contributed by atoms with Crippen LogP contribution in [0.15, 0.2) is 56.6 Å². The van der Waals surface area contributed by atoms with Crippen LogP contribution in [0, 0.1) is 0 Å². The molecule has 1 amide bonds. The normalized spacial score (nSPS) is 12.0. The van der Waals surface area contributed by atoms with E-state index in [1.54, 1.807) is 25.1 Å². The summed E-state index contributed by atoms with van der Waals surface area (Å²) in [5.41, 5.74) is 0.0730. The van der Waals surface area contributed by atoms with Crippen LogP contribution in [0.5, 0.6) is 0 Å². The summed E-state index contributed by atoms with van der Waals surface area (Å²) in [4.78, 5) is 24.1. The largest absolute Gasteiger partial charge is 0.463 e. The molecular weight excluding hydrogens is 288 g/mol. The number of nitrogens with one attached hydrogen (secondary N) is 1. The van der Waals surface area contributed by atoms with Crippen molar-refractivity contribution < 1.29 is 13.7 Å². The minimum absolute atomic E-state index is 0.270. The van der Waals surface area contributed by atoms with Crippen LogP contribution in [0.1, 0.15) is 13.0 Å². The highest BCUT2D eigenvalue weighted by atomic mass is 16.5. The molecule has 0 aliphatic rings. The van der Waals surface area contributed by atoms with E-state index < -0.39 is 17.5 Å². The van der Waals surface area contributed by atoms with E-state index in [-0.39, 0.29) is 5.82 Å². The molecule has 1 N–H and O–H groups in total. The summed E-state index contributed by atoms with van der Waals surface area (Å²) in [7, 11) is 0. The van der Waals surface area contributed by atoms with Gasteiger partial charge in [-0.05, 0) is 25.1 Å². The van der Waals surface area contributed by atoms with Crippen molar-refractivity contribution in [1.82, 2.24) is 14.9 Å². The molecule has 0 radical (unpaired) electrons. The van der Waals surface area contributed by atoms with Gasteiger partial charge in [-0.25, -0.2) is 4.68 Å². The number of aromatic nitrogens is 3. The van der Waals surface area contributed by atoms with E-state index in [2.05, 4.69) is 20.1 Å². The maximum absolute atomic E-state index is 12.1. The first kappa shape index (κ1) is 13.8. The van der Waals surface area contributed by atoms with E-state index in [1.807, 2.05) is 0 Å². The van der Waals surface area contributed by atoms with Crippen molar-refractivity contribution in [3.8, 4) is 11.5 Å². The van der Waals surface area contributed by atoms with Gasteiger partial charge in [0.15, 0.2) is 11.6 Å². The molecule has 1 unspecified atom stereocenters. The van der Waals surface area contributed by atoms with Crippen molar-refractivity contribution in [3.05, 3.63) is 53.2 Å². The Morgan fingerprint density at radius 2 is 2.14 bits per heavy atom. The zero-order chi connectivity index (χ0) is 15.5. The monoisotopic (exact) mass is 300 g/mol. The number of hydrogen-bond acceptors (Lipinski definition) is 6. The maximum atomic E-state index is 12.1. The van der Waals surface area contributed by atoms with Gasteiger partial charge in [-0.2, -0.15) is 5.10 Å². The number of nitrogens with zero attached hydrogens (tertiary/aromatic N) is 3. The quantitative estimate of drug-likeness (QED) is 0.786. The lowest BCUT2D eigenvalue weighted by molar-refractivity contribution is -0.119. The Labute approximate surface area is 124 Å². The van der Waals surface area contributed by atoms with Crippen LogP contribution in [-0.4, -0.2) is 20.8 Å². The van der Waals surface area contributed by atoms with Crippen LogP contribution >= 0.6 is 0 Å². The number of hydrogen-bond donors (Lipinski definition) is 1. The number of amides is 1. The van der Waals surface area contributed by atoms with Crippen molar-refractivity contribution in [1.29, 1.82) is 0 Å². The fourth-order valence-electron chi connectivity index (χ4n) is 1.88. The van der Waals surface area contributed by atoms with Gasteiger partial charge in [0.05, 0.1) is 6.26 Å². The second kappa shape index (κ2) is 5.68. The zero-order valence-electron chi connectivity index (χ0n) is 11.6. The van der Waals surface area contributed by atoms with Gasteiger partial charge in [0, 0.05) is 12.1 Å². The number of carbonyl (C=O) groups is 1. The third-order valence-electron chi connectivity index (χ3n) is 3.03. The Hall–Kier alpha value is -3.16. The van der Waals surface area contributed by atoms with Crippen LogP contribution in [0.2, 0.25) is 0 Å². The molecule has 0 bridgehead atoms. The molecule has 0 saturated heterocycles. The lowest BCUT2D eigenvalue weighted by atomic mass is 10.3. The first-order chi connectivity index (χ1) is 10.6. The zero-order valence-corrected chi connectivity index (χ0v) is 11.6. The van der Waals surface area contributed by atoms with E-state index in [9.17, 15) is 9.59 Å². The van der Waals surface area contributed by atoms with E-state index in [4.69, 9.17) is 4.42 Å².